The predicted molar refractivity (Wildman–Crippen MR) is 93.1 cm³/mol. The topological polar surface area (TPSA) is 44.4 Å². The molecule has 4 nitrogen and oxygen atoms in total. The Morgan fingerprint density at radius 1 is 1.21 bits per heavy atom. The number of rotatable bonds is 3. The number of halogens is 5. The molecule has 1 aliphatic carbocycles. The number of amides is 1. The molecule has 0 aromatic heterocycles. The number of carbonyl (C=O) groups is 1. The van der Waals surface area contributed by atoms with Gasteiger partial charge in [-0.15, -0.1) is 0 Å². The van der Waals surface area contributed by atoms with E-state index in [-0.39, 0.29) is 42.4 Å². The molecule has 0 unspecified atom stereocenters. The highest BCUT2D eigenvalue weighted by molar-refractivity contribution is 5.82. The second-order valence-electron chi connectivity index (χ2n) is 7.97. The monoisotopic (exact) mass is 403 g/mol. The second-order valence-corrected chi connectivity index (χ2v) is 7.97. The van der Waals surface area contributed by atoms with Crippen molar-refractivity contribution in [3.05, 3.63) is 29.6 Å². The van der Waals surface area contributed by atoms with Gasteiger partial charge in [0, 0.05) is 43.7 Å². The van der Waals surface area contributed by atoms with Crippen LogP contribution in [0.2, 0.25) is 0 Å². The van der Waals surface area contributed by atoms with Gasteiger partial charge in [-0.25, -0.2) is 8.78 Å². The highest BCUT2D eigenvalue weighted by Crippen LogP contribution is 2.44. The molecule has 2 aliphatic heterocycles. The summed E-state index contributed by atoms with van der Waals surface area (Å²) in [6.07, 6.45) is -3.97. The average molecular weight is 403 g/mol. The van der Waals surface area contributed by atoms with Gasteiger partial charge >= 0.3 is 6.18 Å². The second kappa shape index (κ2) is 7.17. The number of alkyl halides is 4. The summed E-state index contributed by atoms with van der Waals surface area (Å²) in [7, 11) is 0. The summed E-state index contributed by atoms with van der Waals surface area (Å²) in [5, 5.41) is 5.81. The van der Waals surface area contributed by atoms with Gasteiger partial charge in [-0.05, 0) is 37.0 Å². The van der Waals surface area contributed by atoms with Crippen molar-refractivity contribution in [1.29, 1.82) is 0 Å². The van der Waals surface area contributed by atoms with Crippen LogP contribution in [0.25, 0.3) is 0 Å². The molecule has 1 amide bonds. The van der Waals surface area contributed by atoms with E-state index in [2.05, 4.69) is 10.6 Å². The van der Waals surface area contributed by atoms with E-state index in [4.69, 9.17) is 0 Å². The third-order valence-electron chi connectivity index (χ3n) is 6.18. The maximum Gasteiger partial charge on any atom is 0.418 e. The van der Waals surface area contributed by atoms with Crippen molar-refractivity contribution in [2.45, 2.75) is 43.7 Å². The lowest BCUT2D eigenvalue weighted by atomic mass is 9.97. The first-order valence-electron chi connectivity index (χ1n) is 9.52. The number of hydrogen-bond donors (Lipinski definition) is 2. The third-order valence-corrected chi connectivity index (χ3v) is 6.18. The van der Waals surface area contributed by atoms with Gasteiger partial charge < -0.3 is 15.5 Å². The van der Waals surface area contributed by atoms with Crippen LogP contribution in [0.15, 0.2) is 18.2 Å². The summed E-state index contributed by atoms with van der Waals surface area (Å²) in [5.74, 6) is -0.975. The number of nitrogens with zero attached hydrogens (tertiary/aromatic N) is 1. The molecule has 2 heterocycles. The predicted octanol–water partition coefficient (Wildman–Crippen LogP) is 2.88. The SMILES string of the molecule is O=C(N[C@H]1CC[C@@H]2CN(c3ccc(F)cc3C(F)(F)F)C[C@@H]21)[C@@H]1C[C@@H](F)CN1. The minimum absolute atomic E-state index is 0.0221. The molecule has 1 saturated carbocycles. The van der Waals surface area contributed by atoms with Gasteiger partial charge in [0.05, 0.1) is 11.6 Å². The largest absolute Gasteiger partial charge is 0.418 e. The van der Waals surface area contributed by atoms with E-state index in [1.54, 1.807) is 4.90 Å². The van der Waals surface area contributed by atoms with Crippen molar-refractivity contribution < 1.29 is 26.7 Å². The van der Waals surface area contributed by atoms with Crippen LogP contribution < -0.4 is 15.5 Å². The van der Waals surface area contributed by atoms with Crippen LogP contribution in [-0.2, 0) is 11.0 Å². The molecule has 1 aromatic carbocycles. The van der Waals surface area contributed by atoms with E-state index < -0.39 is 29.8 Å². The highest BCUT2D eigenvalue weighted by atomic mass is 19.4. The minimum atomic E-state index is -4.64. The van der Waals surface area contributed by atoms with Crippen LogP contribution in [0, 0.1) is 17.7 Å². The average Bonchev–Trinajstić information content (AvgIpc) is 3.31. The minimum Gasteiger partial charge on any atom is -0.370 e. The normalized spacial score (nSPS) is 32.6. The quantitative estimate of drug-likeness (QED) is 0.763. The summed E-state index contributed by atoms with van der Waals surface area (Å²) in [6, 6.07) is 2.05. The number of fused-ring (bicyclic) bond motifs is 1. The molecule has 2 N–H and O–H groups in total. The number of carbonyl (C=O) groups excluding carboxylic acids is 1. The van der Waals surface area contributed by atoms with E-state index in [0.29, 0.717) is 19.2 Å². The zero-order valence-corrected chi connectivity index (χ0v) is 15.1. The number of benzene rings is 1. The molecule has 154 valence electrons. The maximum absolute atomic E-state index is 13.4. The first-order valence-corrected chi connectivity index (χ1v) is 9.52. The molecule has 5 atom stereocenters. The van der Waals surface area contributed by atoms with Crippen molar-refractivity contribution in [2.24, 2.45) is 11.8 Å². The summed E-state index contributed by atoms with van der Waals surface area (Å²) in [4.78, 5) is 14.0. The van der Waals surface area contributed by atoms with Crippen LogP contribution >= 0.6 is 0 Å². The molecule has 0 spiro atoms. The van der Waals surface area contributed by atoms with Crippen LogP contribution in [0.4, 0.5) is 27.6 Å². The fourth-order valence-electron chi connectivity index (χ4n) is 4.83. The lowest BCUT2D eigenvalue weighted by Gasteiger charge is -2.26. The molecular formula is C19H22F5N3O. The first-order chi connectivity index (χ1) is 13.2. The Morgan fingerprint density at radius 3 is 2.68 bits per heavy atom. The van der Waals surface area contributed by atoms with Gasteiger partial charge in [0.1, 0.15) is 12.0 Å². The van der Waals surface area contributed by atoms with Crippen molar-refractivity contribution in [2.75, 3.05) is 24.5 Å². The number of nitrogens with one attached hydrogen (secondary N) is 2. The Morgan fingerprint density at radius 2 is 2.00 bits per heavy atom. The van der Waals surface area contributed by atoms with E-state index in [1.165, 1.54) is 6.07 Å². The lowest BCUT2D eigenvalue weighted by Crippen LogP contribution is -2.47. The smallest absolute Gasteiger partial charge is 0.370 e. The van der Waals surface area contributed by atoms with Gasteiger partial charge in [-0.2, -0.15) is 13.2 Å². The Labute approximate surface area is 159 Å². The van der Waals surface area contributed by atoms with Gasteiger partial charge in [0.25, 0.3) is 0 Å². The summed E-state index contributed by atoms with van der Waals surface area (Å²) in [6.45, 7) is 0.974. The van der Waals surface area contributed by atoms with Crippen LogP contribution in [-0.4, -0.2) is 43.8 Å². The molecule has 2 saturated heterocycles. The first kappa shape index (κ1) is 19.4. The molecule has 3 fully saturated rings. The van der Waals surface area contributed by atoms with Crippen molar-refractivity contribution >= 4 is 11.6 Å². The van der Waals surface area contributed by atoms with Gasteiger partial charge in [0.15, 0.2) is 0 Å². The van der Waals surface area contributed by atoms with Crippen molar-refractivity contribution in [1.82, 2.24) is 10.6 Å². The maximum atomic E-state index is 13.4. The lowest BCUT2D eigenvalue weighted by molar-refractivity contribution is -0.137. The van der Waals surface area contributed by atoms with E-state index in [1.807, 2.05) is 0 Å². The molecule has 0 bridgehead atoms. The van der Waals surface area contributed by atoms with Gasteiger partial charge in [-0.1, -0.05) is 0 Å². The summed E-state index contributed by atoms with van der Waals surface area (Å²) in [5.41, 5.74) is -0.997. The Hall–Kier alpha value is -1.90. The molecule has 4 rings (SSSR count). The number of anilines is 1. The molecule has 3 aliphatic rings. The molecule has 9 heteroatoms. The van der Waals surface area contributed by atoms with E-state index in [9.17, 15) is 26.7 Å². The highest BCUT2D eigenvalue weighted by Gasteiger charge is 2.46. The van der Waals surface area contributed by atoms with E-state index >= 15 is 0 Å². The molecule has 28 heavy (non-hydrogen) atoms. The fraction of sp³-hybridized carbons (Fsp3) is 0.632. The third kappa shape index (κ3) is 3.68. The fourth-order valence-corrected chi connectivity index (χ4v) is 4.83. The van der Waals surface area contributed by atoms with Crippen LogP contribution in [0.5, 0.6) is 0 Å². The summed E-state index contributed by atoms with van der Waals surface area (Å²) >= 11 is 0. The van der Waals surface area contributed by atoms with E-state index in [0.717, 1.165) is 18.9 Å². The van der Waals surface area contributed by atoms with Gasteiger partial charge in [-0.3, -0.25) is 4.79 Å². The van der Waals surface area contributed by atoms with Gasteiger partial charge in [0.2, 0.25) is 5.91 Å². The zero-order valence-electron chi connectivity index (χ0n) is 15.1. The number of hydrogen-bond acceptors (Lipinski definition) is 3. The molecule has 0 radical (unpaired) electrons. The standard InChI is InChI=1S/C19H22F5N3O/c20-11-2-4-17(14(5-11)19(22,23)24)27-8-10-1-3-15(13(10)9-27)26-18(28)16-6-12(21)7-25-16/h2,4-5,10,12-13,15-16,25H,1,3,6-9H2,(H,26,28)/t10-,12-,13+,15+,16+/m1/s1. The van der Waals surface area contributed by atoms with Crippen molar-refractivity contribution in [3.63, 3.8) is 0 Å². The molecular weight excluding hydrogens is 381 g/mol. The summed E-state index contributed by atoms with van der Waals surface area (Å²) < 4.78 is 66.7. The Balaban J connectivity index is 1.46. The van der Waals surface area contributed by atoms with Crippen LogP contribution in [0.1, 0.15) is 24.8 Å². The van der Waals surface area contributed by atoms with Crippen LogP contribution in [0.3, 0.4) is 0 Å². The Bertz CT molecular complexity index is 756. The zero-order chi connectivity index (χ0) is 20.1. The van der Waals surface area contributed by atoms with Crippen molar-refractivity contribution in [3.8, 4) is 0 Å². The Kier molecular flexibility index (Phi) is 4.97. The molecule has 1 aromatic rings.